The van der Waals surface area contributed by atoms with Crippen molar-refractivity contribution in [2.75, 3.05) is 27.4 Å². The molecule has 1 aromatic rings. The number of amides is 1. The number of carbonyl (C=O) groups is 2. The van der Waals surface area contributed by atoms with Crippen LogP contribution in [0.5, 0.6) is 11.5 Å². The summed E-state index contributed by atoms with van der Waals surface area (Å²) in [6.45, 7) is 2.10. The number of nitro groups is 1. The predicted octanol–water partition coefficient (Wildman–Crippen LogP) is 2.17. The summed E-state index contributed by atoms with van der Waals surface area (Å²) in [5.74, 6) is -1.00. The number of methoxy groups -OCH3 is 2. The Morgan fingerprint density at radius 2 is 1.88 bits per heavy atom. The molecular weight excluding hydrogens is 344 g/mol. The topological polar surface area (TPSA) is 108 Å². The van der Waals surface area contributed by atoms with Crippen LogP contribution in [0, 0.1) is 10.1 Å². The van der Waals surface area contributed by atoms with Gasteiger partial charge in [-0.3, -0.25) is 14.9 Å². The van der Waals surface area contributed by atoms with Gasteiger partial charge in [0.2, 0.25) is 0 Å². The monoisotopic (exact) mass is 366 g/mol. The van der Waals surface area contributed by atoms with E-state index in [0.29, 0.717) is 6.54 Å². The van der Waals surface area contributed by atoms with Gasteiger partial charge >= 0.3 is 5.97 Å². The van der Waals surface area contributed by atoms with Gasteiger partial charge in [-0.1, -0.05) is 0 Å². The van der Waals surface area contributed by atoms with Crippen LogP contribution in [-0.2, 0) is 9.53 Å². The molecule has 9 nitrogen and oxygen atoms in total. The molecule has 1 aliphatic heterocycles. The van der Waals surface area contributed by atoms with Crippen molar-refractivity contribution in [3.8, 4) is 11.5 Å². The summed E-state index contributed by atoms with van der Waals surface area (Å²) < 4.78 is 15.1. The number of hydrogen-bond acceptors (Lipinski definition) is 7. The van der Waals surface area contributed by atoms with E-state index < -0.39 is 23.2 Å². The van der Waals surface area contributed by atoms with Gasteiger partial charge in [0.25, 0.3) is 11.6 Å². The summed E-state index contributed by atoms with van der Waals surface area (Å²) in [5.41, 5.74) is -0.779. The minimum atomic E-state index is -0.962. The standard InChI is InChI=1S/C17H22N2O7/c1-11-6-4-5-7-18(11)16(20)10-26-17(21)12-8-14(24-2)15(25-3)9-13(12)19(22)23/h8-9,11H,4-7,10H2,1-3H3/t11-/m1/s1. The number of hydrogen-bond donors (Lipinski definition) is 0. The van der Waals surface area contributed by atoms with Gasteiger partial charge < -0.3 is 19.1 Å². The molecule has 0 unspecified atom stereocenters. The third kappa shape index (κ3) is 4.22. The zero-order chi connectivity index (χ0) is 19.3. The molecule has 1 saturated heterocycles. The largest absolute Gasteiger partial charge is 0.493 e. The molecule has 0 aliphatic carbocycles. The third-order valence-corrected chi connectivity index (χ3v) is 4.37. The Hall–Kier alpha value is -2.84. The maximum Gasteiger partial charge on any atom is 0.345 e. The van der Waals surface area contributed by atoms with E-state index in [-0.39, 0.29) is 29.0 Å². The van der Waals surface area contributed by atoms with Crippen LogP contribution in [0.1, 0.15) is 36.5 Å². The number of esters is 1. The normalized spacial score (nSPS) is 16.7. The maximum atomic E-state index is 12.3. The van der Waals surface area contributed by atoms with Crippen molar-refractivity contribution >= 4 is 17.6 Å². The Morgan fingerprint density at radius 3 is 2.46 bits per heavy atom. The van der Waals surface area contributed by atoms with Crippen molar-refractivity contribution in [3.05, 3.63) is 27.8 Å². The molecule has 1 atom stereocenters. The fraction of sp³-hybridized carbons (Fsp3) is 0.529. The SMILES string of the molecule is COc1cc(C(=O)OCC(=O)N2CCCC[C@H]2C)c([N+](=O)[O-])cc1OC. The molecule has 9 heteroatoms. The zero-order valence-corrected chi connectivity index (χ0v) is 15.0. The highest BCUT2D eigenvalue weighted by molar-refractivity contribution is 5.96. The third-order valence-electron chi connectivity index (χ3n) is 4.37. The highest BCUT2D eigenvalue weighted by Gasteiger charge is 2.28. The predicted molar refractivity (Wildman–Crippen MR) is 91.5 cm³/mol. The second-order valence-electron chi connectivity index (χ2n) is 5.99. The first-order chi connectivity index (χ1) is 12.4. The minimum absolute atomic E-state index is 0.0883. The summed E-state index contributed by atoms with van der Waals surface area (Å²) in [4.78, 5) is 36.8. The summed E-state index contributed by atoms with van der Waals surface area (Å²) >= 11 is 0. The molecule has 142 valence electrons. The van der Waals surface area contributed by atoms with Crippen molar-refractivity contribution in [3.63, 3.8) is 0 Å². The van der Waals surface area contributed by atoms with E-state index in [1.807, 2.05) is 6.92 Å². The zero-order valence-electron chi connectivity index (χ0n) is 15.0. The first-order valence-electron chi connectivity index (χ1n) is 8.26. The van der Waals surface area contributed by atoms with Gasteiger partial charge in [0.05, 0.1) is 25.2 Å². The lowest BCUT2D eigenvalue weighted by molar-refractivity contribution is -0.385. The molecule has 0 spiro atoms. The van der Waals surface area contributed by atoms with Crippen LogP contribution in [0.4, 0.5) is 5.69 Å². The quantitative estimate of drug-likeness (QED) is 0.431. The molecule has 0 bridgehead atoms. The van der Waals surface area contributed by atoms with Crippen molar-refractivity contribution in [1.82, 2.24) is 4.90 Å². The van der Waals surface area contributed by atoms with Gasteiger partial charge in [0.15, 0.2) is 18.1 Å². The lowest BCUT2D eigenvalue weighted by atomic mass is 10.0. The molecule has 0 radical (unpaired) electrons. The molecule has 2 rings (SSSR count). The molecule has 26 heavy (non-hydrogen) atoms. The first-order valence-corrected chi connectivity index (χ1v) is 8.26. The average Bonchev–Trinajstić information content (AvgIpc) is 2.64. The van der Waals surface area contributed by atoms with E-state index in [4.69, 9.17) is 14.2 Å². The highest BCUT2D eigenvalue weighted by Crippen LogP contribution is 2.34. The van der Waals surface area contributed by atoms with E-state index in [1.54, 1.807) is 4.90 Å². The van der Waals surface area contributed by atoms with E-state index in [2.05, 4.69) is 0 Å². The molecule has 1 amide bonds. The number of carbonyl (C=O) groups excluding carboxylic acids is 2. The Bertz CT molecular complexity index is 705. The van der Waals surface area contributed by atoms with Crippen LogP contribution in [0.3, 0.4) is 0 Å². The lowest BCUT2D eigenvalue weighted by Crippen LogP contribution is -2.44. The fourth-order valence-corrected chi connectivity index (χ4v) is 2.94. The molecule has 0 aromatic heterocycles. The Morgan fingerprint density at radius 1 is 1.23 bits per heavy atom. The van der Waals surface area contributed by atoms with E-state index in [9.17, 15) is 19.7 Å². The smallest absolute Gasteiger partial charge is 0.345 e. The molecule has 1 aromatic carbocycles. The molecule has 0 N–H and O–H groups in total. The Labute approximate surface area is 151 Å². The summed E-state index contributed by atoms with van der Waals surface area (Å²) in [6, 6.07) is 2.35. The summed E-state index contributed by atoms with van der Waals surface area (Å²) in [7, 11) is 2.68. The molecule has 1 aliphatic rings. The number of rotatable bonds is 6. The van der Waals surface area contributed by atoms with Crippen LogP contribution in [0.2, 0.25) is 0 Å². The summed E-state index contributed by atoms with van der Waals surface area (Å²) in [5, 5.41) is 11.2. The lowest BCUT2D eigenvalue weighted by Gasteiger charge is -2.33. The molecule has 1 fully saturated rings. The van der Waals surface area contributed by atoms with Gasteiger partial charge in [-0.05, 0) is 26.2 Å². The summed E-state index contributed by atoms with van der Waals surface area (Å²) in [6.07, 6.45) is 2.87. The number of benzene rings is 1. The van der Waals surface area contributed by atoms with Crippen LogP contribution in [-0.4, -0.2) is 55.1 Å². The van der Waals surface area contributed by atoms with Crippen molar-refractivity contribution in [1.29, 1.82) is 0 Å². The maximum absolute atomic E-state index is 12.3. The van der Waals surface area contributed by atoms with Crippen LogP contribution in [0.15, 0.2) is 12.1 Å². The van der Waals surface area contributed by atoms with E-state index in [1.165, 1.54) is 20.3 Å². The number of nitro benzene ring substituents is 1. The van der Waals surface area contributed by atoms with Gasteiger partial charge in [-0.25, -0.2) is 4.79 Å². The van der Waals surface area contributed by atoms with Crippen molar-refractivity contribution in [2.24, 2.45) is 0 Å². The second kappa shape index (κ2) is 8.50. The number of likely N-dealkylation sites (tertiary alicyclic amines) is 1. The Balaban J connectivity index is 2.15. The molecule has 1 heterocycles. The minimum Gasteiger partial charge on any atom is -0.493 e. The van der Waals surface area contributed by atoms with Gasteiger partial charge in [-0.15, -0.1) is 0 Å². The van der Waals surface area contributed by atoms with Crippen LogP contribution in [0.25, 0.3) is 0 Å². The molecular formula is C17H22N2O7. The molecule has 0 saturated carbocycles. The van der Waals surface area contributed by atoms with Crippen LogP contribution >= 0.6 is 0 Å². The van der Waals surface area contributed by atoms with Gasteiger partial charge in [0, 0.05) is 18.7 Å². The number of piperidine rings is 1. The Kier molecular flexibility index (Phi) is 6.37. The fourth-order valence-electron chi connectivity index (χ4n) is 2.94. The van der Waals surface area contributed by atoms with Gasteiger partial charge in [0.1, 0.15) is 5.56 Å². The second-order valence-corrected chi connectivity index (χ2v) is 5.99. The van der Waals surface area contributed by atoms with E-state index in [0.717, 1.165) is 25.3 Å². The number of ether oxygens (including phenoxy) is 3. The number of nitrogens with zero attached hydrogens (tertiary/aromatic N) is 2. The highest BCUT2D eigenvalue weighted by atomic mass is 16.6. The van der Waals surface area contributed by atoms with E-state index >= 15 is 0 Å². The van der Waals surface area contributed by atoms with Crippen LogP contribution < -0.4 is 9.47 Å². The van der Waals surface area contributed by atoms with Crippen molar-refractivity contribution < 1.29 is 28.7 Å². The average molecular weight is 366 g/mol. The van der Waals surface area contributed by atoms with Crippen molar-refractivity contribution in [2.45, 2.75) is 32.2 Å². The first kappa shape index (κ1) is 19.5. The van der Waals surface area contributed by atoms with Gasteiger partial charge in [-0.2, -0.15) is 0 Å².